The van der Waals surface area contributed by atoms with Crippen LogP contribution in [0.15, 0.2) is 30.7 Å². The smallest absolute Gasteiger partial charge is 0.276 e. The van der Waals surface area contributed by atoms with Gasteiger partial charge in [0.05, 0.1) is 24.7 Å². The summed E-state index contributed by atoms with van der Waals surface area (Å²) in [5.41, 5.74) is 1.60. The van der Waals surface area contributed by atoms with Crippen LogP contribution in [-0.2, 0) is 5.41 Å². The molecule has 3 heterocycles. The Labute approximate surface area is 145 Å². The molecule has 8 nitrogen and oxygen atoms in total. The SMILES string of the molecule is COc1ccc(N(C)C(=O)c2cc(C(C)(C)C)n3ncnc3n2)cn1. The number of rotatable bonds is 3. The highest BCUT2D eigenvalue weighted by Crippen LogP contribution is 2.24. The topological polar surface area (TPSA) is 85.5 Å². The summed E-state index contributed by atoms with van der Waals surface area (Å²) in [6.45, 7) is 6.15. The highest BCUT2D eigenvalue weighted by Gasteiger charge is 2.24. The van der Waals surface area contributed by atoms with Gasteiger partial charge in [0.25, 0.3) is 11.7 Å². The zero-order valence-electron chi connectivity index (χ0n) is 14.9. The fourth-order valence-corrected chi connectivity index (χ4v) is 2.44. The van der Waals surface area contributed by atoms with Gasteiger partial charge in [-0.05, 0) is 12.1 Å². The van der Waals surface area contributed by atoms with Gasteiger partial charge in [0.2, 0.25) is 5.88 Å². The third kappa shape index (κ3) is 3.15. The number of amides is 1. The average molecular weight is 340 g/mol. The summed E-state index contributed by atoms with van der Waals surface area (Å²) < 4.78 is 6.70. The van der Waals surface area contributed by atoms with E-state index in [1.807, 2.05) is 0 Å². The third-order valence-electron chi connectivity index (χ3n) is 3.86. The second-order valence-corrected chi connectivity index (χ2v) is 6.67. The summed E-state index contributed by atoms with van der Waals surface area (Å²) in [4.78, 5) is 27.0. The van der Waals surface area contributed by atoms with Crippen LogP contribution in [0.25, 0.3) is 5.78 Å². The molecule has 0 saturated heterocycles. The highest BCUT2D eigenvalue weighted by atomic mass is 16.5. The van der Waals surface area contributed by atoms with E-state index in [0.717, 1.165) is 5.69 Å². The third-order valence-corrected chi connectivity index (χ3v) is 3.86. The van der Waals surface area contributed by atoms with Crippen LogP contribution in [0.1, 0.15) is 37.0 Å². The number of anilines is 1. The Balaban J connectivity index is 2.01. The Morgan fingerprint density at radius 1 is 1.24 bits per heavy atom. The molecule has 0 spiro atoms. The van der Waals surface area contributed by atoms with E-state index in [2.05, 4.69) is 40.8 Å². The second-order valence-electron chi connectivity index (χ2n) is 6.67. The fraction of sp³-hybridized carbons (Fsp3) is 0.353. The number of hydrogen-bond acceptors (Lipinski definition) is 6. The quantitative estimate of drug-likeness (QED) is 0.726. The molecule has 0 aliphatic rings. The van der Waals surface area contributed by atoms with Crippen LogP contribution in [0.2, 0.25) is 0 Å². The molecule has 0 N–H and O–H groups in total. The lowest BCUT2D eigenvalue weighted by atomic mass is 9.91. The molecule has 0 atom stereocenters. The van der Waals surface area contributed by atoms with E-state index in [1.165, 1.54) is 11.2 Å². The Morgan fingerprint density at radius 3 is 2.60 bits per heavy atom. The number of pyridine rings is 1. The first-order valence-corrected chi connectivity index (χ1v) is 7.80. The van der Waals surface area contributed by atoms with Crippen LogP contribution >= 0.6 is 0 Å². The minimum Gasteiger partial charge on any atom is -0.481 e. The second kappa shape index (κ2) is 6.12. The van der Waals surface area contributed by atoms with E-state index in [-0.39, 0.29) is 11.3 Å². The van der Waals surface area contributed by atoms with E-state index >= 15 is 0 Å². The van der Waals surface area contributed by atoms with Crippen LogP contribution in [0.3, 0.4) is 0 Å². The minimum absolute atomic E-state index is 0.218. The van der Waals surface area contributed by atoms with Gasteiger partial charge in [-0.25, -0.2) is 14.5 Å². The summed E-state index contributed by atoms with van der Waals surface area (Å²) in [5, 5.41) is 4.20. The van der Waals surface area contributed by atoms with E-state index < -0.39 is 0 Å². The van der Waals surface area contributed by atoms with Gasteiger partial charge in [-0.1, -0.05) is 20.8 Å². The van der Waals surface area contributed by atoms with E-state index in [0.29, 0.717) is 23.0 Å². The number of fused-ring (bicyclic) bond motifs is 1. The maximum Gasteiger partial charge on any atom is 0.276 e. The number of aromatic nitrogens is 5. The molecule has 8 heteroatoms. The molecule has 3 aromatic rings. The summed E-state index contributed by atoms with van der Waals surface area (Å²) in [6, 6.07) is 5.23. The first kappa shape index (κ1) is 16.8. The van der Waals surface area contributed by atoms with Crippen LogP contribution in [0.5, 0.6) is 5.88 Å². The summed E-state index contributed by atoms with van der Waals surface area (Å²) >= 11 is 0. The lowest BCUT2D eigenvalue weighted by Crippen LogP contribution is -2.29. The molecule has 0 radical (unpaired) electrons. The molecule has 0 aliphatic carbocycles. The number of ether oxygens (including phenoxy) is 1. The van der Waals surface area contributed by atoms with Gasteiger partial charge in [0.15, 0.2) is 0 Å². The monoisotopic (exact) mass is 340 g/mol. The maximum atomic E-state index is 12.9. The molecule has 3 aromatic heterocycles. The van der Waals surface area contributed by atoms with E-state index in [9.17, 15) is 4.79 Å². The lowest BCUT2D eigenvalue weighted by Gasteiger charge is -2.21. The normalized spacial score (nSPS) is 11.6. The molecule has 0 fully saturated rings. The Morgan fingerprint density at radius 2 is 2.00 bits per heavy atom. The van der Waals surface area contributed by atoms with Gasteiger partial charge in [0.1, 0.15) is 12.0 Å². The molecule has 25 heavy (non-hydrogen) atoms. The Hall–Kier alpha value is -3.03. The highest BCUT2D eigenvalue weighted by molar-refractivity contribution is 6.04. The van der Waals surface area contributed by atoms with Crippen molar-refractivity contribution in [3.63, 3.8) is 0 Å². The molecular weight excluding hydrogens is 320 g/mol. The van der Waals surface area contributed by atoms with E-state index in [1.54, 1.807) is 43.1 Å². The van der Waals surface area contributed by atoms with Crippen molar-refractivity contribution >= 4 is 17.4 Å². The maximum absolute atomic E-state index is 12.9. The van der Waals surface area contributed by atoms with Crippen molar-refractivity contribution < 1.29 is 9.53 Å². The van der Waals surface area contributed by atoms with Crippen molar-refractivity contribution in [3.8, 4) is 5.88 Å². The van der Waals surface area contributed by atoms with Gasteiger partial charge < -0.3 is 9.64 Å². The van der Waals surface area contributed by atoms with Crippen molar-refractivity contribution in [2.45, 2.75) is 26.2 Å². The van der Waals surface area contributed by atoms with Crippen LogP contribution in [-0.4, -0.2) is 44.6 Å². The number of carbonyl (C=O) groups is 1. The summed E-state index contributed by atoms with van der Waals surface area (Å²) in [5.74, 6) is 0.641. The van der Waals surface area contributed by atoms with Crippen LogP contribution < -0.4 is 9.64 Å². The fourth-order valence-electron chi connectivity index (χ4n) is 2.44. The standard InChI is InChI=1S/C17H20N6O2/c1-17(2,3)13-8-12(21-16-19-10-20-23(13)16)15(24)22(4)11-6-7-14(25-5)18-9-11/h6-10H,1-5H3. The Kier molecular flexibility index (Phi) is 4.12. The number of nitrogens with zero attached hydrogens (tertiary/aromatic N) is 6. The number of methoxy groups -OCH3 is 1. The van der Waals surface area contributed by atoms with Gasteiger partial charge in [-0.15, -0.1) is 0 Å². The largest absolute Gasteiger partial charge is 0.481 e. The van der Waals surface area contributed by atoms with Crippen molar-refractivity contribution in [1.29, 1.82) is 0 Å². The zero-order chi connectivity index (χ0) is 18.2. The Bertz CT molecular complexity index is 911. The van der Waals surface area contributed by atoms with Crippen molar-refractivity contribution in [1.82, 2.24) is 24.6 Å². The average Bonchev–Trinajstić information content (AvgIpc) is 3.07. The minimum atomic E-state index is -0.247. The number of carbonyl (C=O) groups excluding carboxylic acids is 1. The van der Waals surface area contributed by atoms with Gasteiger partial charge in [-0.3, -0.25) is 4.79 Å². The first-order valence-electron chi connectivity index (χ1n) is 7.80. The zero-order valence-corrected chi connectivity index (χ0v) is 14.9. The molecule has 1 amide bonds. The molecule has 3 rings (SSSR count). The summed E-state index contributed by atoms with van der Waals surface area (Å²) in [7, 11) is 3.22. The van der Waals surface area contributed by atoms with Crippen molar-refractivity contribution in [2.24, 2.45) is 0 Å². The molecular formula is C17H20N6O2. The lowest BCUT2D eigenvalue weighted by molar-refractivity contribution is 0.0988. The molecule has 0 unspecified atom stereocenters. The number of hydrogen-bond donors (Lipinski definition) is 0. The van der Waals surface area contributed by atoms with Gasteiger partial charge >= 0.3 is 0 Å². The van der Waals surface area contributed by atoms with Crippen molar-refractivity contribution in [2.75, 3.05) is 19.1 Å². The predicted molar refractivity (Wildman–Crippen MR) is 93.0 cm³/mol. The first-order chi connectivity index (χ1) is 11.8. The predicted octanol–water partition coefficient (Wildman–Crippen LogP) is 2.10. The molecule has 130 valence electrons. The molecule has 0 aliphatic heterocycles. The summed E-state index contributed by atoms with van der Waals surface area (Å²) in [6.07, 6.45) is 3.01. The van der Waals surface area contributed by atoms with Crippen molar-refractivity contribution in [3.05, 3.63) is 42.1 Å². The molecule has 0 aromatic carbocycles. The molecule has 0 bridgehead atoms. The molecule has 0 saturated carbocycles. The van der Waals surface area contributed by atoms with Gasteiger partial charge in [0, 0.05) is 18.5 Å². The van der Waals surface area contributed by atoms with Gasteiger partial charge in [-0.2, -0.15) is 10.1 Å². The van der Waals surface area contributed by atoms with Crippen LogP contribution in [0.4, 0.5) is 5.69 Å². The van der Waals surface area contributed by atoms with E-state index in [4.69, 9.17) is 4.74 Å². The van der Waals surface area contributed by atoms with Crippen LogP contribution in [0, 0.1) is 0 Å².